The van der Waals surface area contributed by atoms with E-state index in [-0.39, 0.29) is 18.8 Å². The summed E-state index contributed by atoms with van der Waals surface area (Å²) in [7, 11) is -0.652. The van der Waals surface area contributed by atoms with Crippen LogP contribution >= 0.6 is 10.0 Å². The van der Waals surface area contributed by atoms with Gasteiger partial charge in [0, 0.05) is 46.5 Å². The monoisotopic (exact) mass is 538 g/mol. The van der Waals surface area contributed by atoms with Gasteiger partial charge in [-0.2, -0.15) is 0 Å². The Morgan fingerprint density at radius 2 is 2.00 bits per heavy atom. The number of para-hydroxylation sites is 1. The van der Waals surface area contributed by atoms with Gasteiger partial charge in [0.25, 0.3) is 0 Å². The summed E-state index contributed by atoms with van der Waals surface area (Å²) in [6, 6.07) is 12.3. The number of alkyl halides is 1. The van der Waals surface area contributed by atoms with Crippen LogP contribution in [0, 0.1) is 0 Å². The number of pyridine rings is 1. The number of aldehydes is 1. The summed E-state index contributed by atoms with van der Waals surface area (Å²) in [5, 5.41) is 2.10. The lowest BCUT2D eigenvalue weighted by Gasteiger charge is -2.42. The molecule has 4 aromatic rings. The topological polar surface area (TPSA) is 63.1 Å². The van der Waals surface area contributed by atoms with Crippen LogP contribution in [0.2, 0.25) is 0 Å². The van der Waals surface area contributed by atoms with Crippen molar-refractivity contribution in [1.29, 1.82) is 0 Å². The highest BCUT2D eigenvalue weighted by molar-refractivity contribution is 8.32. The van der Waals surface area contributed by atoms with Gasteiger partial charge in [0.2, 0.25) is 0 Å². The zero-order valence-corrected chi connectivity index (χ0v) is 24.1. The minimum atomic E-state index is -1.35. The molecular formula is C30H39FN4O2S. The predicted molar refractivity (Wildman–Crippen MR) is 157 cm³/mol. The molecule has 0 amide bonds. The van der Waals surface area contributed by atoms with E-state index in [2.05, 4.69) is 59.8 Å². The fourth-order valence-corrected chi connectivity index (χ4v) is 6.19. The third-order valence-electron chi connectivity index (χ3n) is 7.36. The van der Waals surface area contributed by atoms with Crippen LogP contribution in [0.1, 0.15) is 54.1 Å². The Labute approximate surface area is 225 Å². The third-order valence-corrected chi connectivity index (χ3v) is 8.75. The van der Waals surface area contributed by atoms with E-state index in [1.54, 1.807) is 13.8 Å². The maximum Gasteiger partial charge on any atom is 0.166 e. The van der Waals surface area contributed by atoms with E-state index in [1.807, 2.05) is 22.9 Å². The van der Waals surface area contributed by atoms with E-state index in [0.717, 1.165) is 46.3 Å². The highest BCUT2D eigenvalue weighted by Crippen LogP contribution is 2.42. The molecule has 0 unspecified atom stereocenters. The van der Waals surface area contributed by atoms with Crippen molar-refractivity contribution in [2.24, 2.45) is 0 Å². The number of rotatable bonds is 9. The molecule has 1 aliphatic rings. The summed E-state index contributed by atoms with van der Waals surface area (Å²) >= 11 is 0. The average Bonchev–Trinajstić information content (AvgIpc) is 3.38. The Balaban J connectivity index is 1.56. The maximum atomic E-state index is 15.1. The second-order valence-corrected chi connectivity index (χ2v) is 16.6. The third kappa shape index (κ3) is 5.40. The van der Waals surface area contributed by atoms with E-state index < -0.39 is 15.7 Å². The fourth-order valence-electron chi connectivity index (χ4n) is 5.58. The van der Waals surface area contributed by atoms with E-state index >= 15 is 4.39 Å². The second-order valence-electron chi connectivity index (χ2n) is 12.0. The second kappa shape index (κ2) is 10.1. The first-order chi connectivity index (χ1) is 17.9. The van der Waals surface area contributed by atoms with Crippen molar-refractivity contribution >= 4 is 38.3 Å². The summed E-state index contributed by atoms with van der Waals surface area (Å²) in [4.78, 5) is 22.7. The highest BCUT2D eigenvalue weighted by Gasteiger charge is 2.38. The van der Waals surface area contributed by atoms with Crippen molar-refractivity contribution in [2.45, 2.75) is 51.7 Å². The van der Waals surface area contributed by atoms with Crippen molar-refractivity contribution in [1.82, 2.24) is 19.4 Å². The molecule has 0 bridgehead atoms. The number of fused-ring (bicyclic) bond motifs is 4. The van der Waals surface area contributed by atoms with Gasteiger partial charge in [-0.25, -0.2) is 19.4 Å². The van der Waals surface area contributed by atoms with Gasteiger partial charge in [-0.3, -0.25) is 14.3 Å². The van der Waals surface area contributed by atoms with Crippen LogP contribution in [-0.4, -0.2) is 75.1 Å². The number of aromatic nitrogens is 3. The molecule has 0 saturated carbocycles. The minimum Gasteiger partial charge on any atom is -0.360 e. The molecule has 0 fully saturated rings. The smallest absolute Gasteiger partial charge is 0.166 e. The fraction of sp³-hybridized carbons (Fsp3) is 0.467. The first kappa shape index (κ1) is 26.9. The largest absolute Gasteiger partial charge is 0.360 e. The number of H-pyrrole nitrogens is 1. The number of hydrogen-bond acceptors (Lipinski definition) is 4. The predicted octanol–water partition coefficient (Wildman–Crippen LogP) is 6.08. The Morgan fingerprint density at radius 3 is 2.71 bits per heavy atom. The maximum absolute atomic E-state index is 15.1. The van der Waals surface area contributed by atoms with Crippen LogP contribution in [0.4, 0.5) is 4.39 Å². The first-order valence-corrected chi connectivity index (χ1v) is 16.2. The lowest BCUT2D eigenvalue weighted by Crippen LogP contribution is -2.47. The summed E-state index contributed by atoms with van der Waals surface area (Å²) in [5.41, 5.74) is 4.36. The molecule has 6 nitrogen and oxygen atoms in total. The molecule has 4 heterocycles. The number of carbonyl (C=O) groups excluding carboxylic acids is 1. The molecule has 0 aliphatic carbocycles. The molecule has 2 atom stereocenters. The summed E-state index contributed by atoms with van der Waals surface area (Å²) in [6.07, 6.45) is 10.4. The lowest BCUT2D eigenvalue weighted by atomic mass is 9.88. The van der Waals surface area contributed by atoms with E-state index in [4.69, 9.17) is 9.72 Å². The van der Waals surface area contributed by atoms with Crippen molar-refractivity contribution < 1.29 is 13.9 Å². The number of benzene rings is 1. The summed E-state index contributed by atoms with van der Waals surface area (Å²) in [5.74, 6) is 1.01. The van der Waals surface area contributed by atoms with E-state index in [9.17, 15) is 4.79 Å². The van der Waals surface area contributed by atoms with Gasteiger partial charge in [-0.15, -0.1) is 0 Å². The molecule has 1 aromatic carbocycles. The van der Waals surface area contributed by atoms with Gasteiger partial charge in [0.1, 0.15) is 18.0 Å². The normalized spacial score (nSPS) is 19.2. The number of aromatic amines is 1. The van der Waals surface area contributed by atoms with Crippen LogP contribution < -0.4 is 0 Å². The van der Waals surface area contributed by atoms with Crippen LogP contribution in [0.15, 0.2) is 42.6 Å². The molecule has 0 radical (unpaired) electrons. The molecular weight excluding hydrogens is 499 g/mol. The molecule has 1 aliphatic heterocycles. The summed E-state index contributed by atoms with van der Waals surface area (Å²) in [6.45, 7) is 6.68. The summed E-state index contributed by atoms with van der Waals surface area (Å²) < 4.78 is 22.9. The van der Waals surface area contributed by atoms with E-state index in [0.29, 0.717) is 18.8 Å². The number of halogens is 1. The molecule has 0 saturated heterocycles. The number of ether oxygens (including phenoxy) is 1. The molecule has 1 N–H and O–H groups in total. The number of hydrogen-bond donors (Lipinski definition) is 1. The van der Waals surface area contributed by atoms with E-state index in [1.165, 1.54) is 10.9 Å². The Morgan fingerprint density at radius 1 is 1.24 bits per heavy atom. The molecule has 0 spiro atoms. The number of nitrogens with one attached hydrogen (secondary N) is 1. The zero-order valence-electron chi connectivity index (χ0n) is 23.3. The average molecular weight is 539 g/mol. The van der Waals surface area contributed by atoms with Crippen LogP contribution in [-0.2, 0) is 17.9 Å². The first-order valence-electron chi connectivity index (χ1n) is 13.2. The minimum absolute atomic E-state index is 0.144. The van der Waals surface area contributed by atoms with Crippen LogP contribution in [0.3, 0.4) is 0 Å². The molecule has 8 heteroatoms. The van der Waals surface area contributed by atoms with Crippen LogP contribution in [0.25, 0.3) is 21.9 Å². The Kier molecular flexibility index (Phi) is 7.18. The SMILES string of the molecule is C[C@@H]1Cc2c([nH]c3ccccc23)[C@@H](c2cnc3c(c2)cc(C=O)n3COCCS(C)(C)C)N1CC(C)(C)F. The molecule has 204 valence electrons. The zero-order chi connectivity index (χ0) is 27.2. The Hall–Kier alpha value is -2.68. The van der Waals surface area contributed by atoms with Gasteiger partial charge in [-0.05, 0) is 75.3 Å². The number of carbonyl (C=O) groups is 1. The standard InChI is InChI=1S/C30H39FN4O2S/c1-20-13-25-24-9-7-8-10-26(24)33-27(25)28(34(20)18-30(2,3)31)22-14-21-15-23(17-36)35(29(21)32-16-22)19-37-11-12-38(4,5)6/h7-10,14-17,20,28,33H,11-13,18-19H2,1-6H3/t20-,28-/m1/s1. The Bertz CT molecular complexity index is 1460. The van der Waals surface area contributed by atoms with Crippen molar-refractivity contribution in [3.8, 4) is 0 Å². The quantitative estimate of drug-likeness (QED) is 0.207. The van der Waals surface area contributed by atoms with Crippen LogP contribution in [0.5, 0.6) is 0 Å². The van der Waals surface area contributed by atoms with Crippen molar-refractivity contribution in [2.75, 3.05) is 37.7 Å². The van der Waals surface area contributed by atoms with Crippen molar-refractivity contribution in [3.05, 3.63) is 65.1 Å². The lowest BCUT2D eigenvalue weighted by molar-refractivity contribution is 0.0667. The molecule has 5 rings (SSSR count). The van der Waals surface area contributed by atoms with Gasteiger partial charge >= 0.3 is 0 Å². The highest BCUT2D eigenvalue weighted by atomic mass is 32.3. The van der Waals surface area contributed by atoms with Gasteiger partial charge < -0.3 is 9.72 Å². The van der Waals surface area contributed by atoms with Gasteiger partial charge in [0.05, 0.1) is 18.3 Å². The van der Waals surface area contributed by atoms with Gasteiger partial charge in [-0.1, -0.05) is 18.2 Å². The molecule has 38 heavy (non-hydrogen) atoms. The van der Waals surface area contributed by atoms with Gasteiger partial charge in [0.15, 0.2) is 6.29 Å². The number of nitrogens with zero attached hydrogens (tertiary/aromatic N) is 3. The van der Waals surface area contributed by atoms with Crippen molar-refractivity contribution in [3.63, 3.8) is 0 Å². The molecule has 3 aromatic heterocycles.